The average molecular weight is 483 g/mol. The molecule has 178 valence electrons. The number of nitrogen functional groups attached to an aromatic ring is 1. The van der Waals surface area contributed by atoms with Gasteiger partial charge in [0.15, 0.2) is 5.65 Å². The lowest BCUT2D eigenvalue weighted by Gasteiger charge is -2.14. The third-order valence-electron chi connectivity index (χ3n) is 5.36. The first-order valence-electron chi connectivity index (χ1n) is 10.4. The second kappa shape index (κ2) is 8.38. The lowest BCUT2D eigenvalue weighted by Crippen LogP contribution is -2.17. The summed E-state index contributed by atoms with van der Waals surface area (Å²) in [5, 5.41) is 8.36. The Kier molecular flexibility index (Phi) is 5.35. The zero-order valence-electron chi connectivity index (χ0n) is 18.1. The molecule has 0 saturated heterocycles. The van der Waals surface area contributed by atoms with Crippen LogP contribution in [0.5, 0.6) is 5.75 Å². The maximum atomic E-state index is 14.6. The van der Waals surface area contributed by atoms with Gasteiger partial charge in [-0.3, -0.25) is 4.68 Å². The molecule has 0 fully saturated rings. The second-order valence-corrected chi connectivity index (χ2v) is 7.72. The minimum Gasteiger partial charge on any atom is -0.406 e. The quantitative estimate of drug-likeness (QED) is 0.358. The number of hydrogen-bond acceptors (Lipinski definition) is 6. The van der Waals surface area contributed by atoms with Gasteiger partial charge in [0.25, 0.3) is 0 Å². The highest BCUT2D eigenvalue weighted by atomic mass is 19.4. The third kappa shape index (κ3) is 4.63. The molecular formula is C23H17F4N7O. The zero-order valence-corrected chi connectivity index (χ0v) is 18.1. The number of halogens is 4. The Balaban J connectivity index is 1.41. The van der Waals surface area contributed by atoms with Crippen molar-refractivity contribution in [1.82, 2.24) is 29.4 Å². The van der Waals surface area contributed by atoms with Gasteiger partial charge in [-0.15, -0.1) is 18.3 Å². The van der Waals surface area contributed by atoms with Gasteiger partial charge in [-0.25, -0.2) is 13.9 Å². The first-order chi connectivity index (χ1) is 16.7. The SMILES string of the molecule is CC(c1ccc(OC(F)(F)F)cc1)n1cc(-c2ccc(F)c(-c3ccn4nc(N)nc4c3)n2)cn1. The standard InChI is InChI=1S/C23H17F4N7O/c1-13(14-2-4-17(5-3-14)35-23(25,26)27)34-12-16(11-29-34)19-7-6-18(24)21(30-19)15-8-9-33-20(10-15)31-22(28)32-33/h2-13H,1H3,(H2,28,32). The van der Waals surface area contributed by atoms with Crippen molar-refractivity contribution in [1.29, 1.82) is 0 Å². The highest BCUT2D eigenvalue weighted by Crippen LogP contribution is 2.28. The van der Waals surface area contributed by atoms with E-state index in [1.165, 1.54) is 34.8 Å². The molecule has 35 heavy (non-hydrogen) atoms. The molecule has 0 saturated carbocycles. The van der Waals surface area contributed by atoms with E-state index in [9.17, 15) is 17.6 Å². The van der Waals surface area contributed by atoms with E-state index in [-0.39, 0.29) is 23.4 Å². The molecule has 0 aliphatic heterocycles. The molecular weight excluding hydrogens is 466 g/mol. The number of pyridine rings is 2. The van der Waals surface area contributed by atoms with Crippen LogP contribution in [-0.4, -0.2) is 35.7 Å². The maximum absolute atomic E-state index is 14.6. The molecule has 5 aromatic rings. The number of ether oxygens (including phenoxy) is 1. The molecule has 0 spiro atoms. The van der Waals surface area contributed by atoms with Gasteiger partial charge in [-0.05, 0) is 48.9 Å². The van der Waals surface area contributed by atoms with Gasteiger partial charge in [0.1, 0.15) is 17.3 Å². The van der Waals surface area contributed by atoms with Crippen LogP contribution in [-0.2, 0) is 0 Å². The summed E-state index contributed by atoms with van der Waals surface area (Å²) in [6.07, 6.45) is 0.188. The fourth-order valence-corrected chi connectivity index (χ4v) is 3.63. The number of benzene rings is 1. The van der Waals surface area contributed by atoms with Crippen molar-refractivity contribution >= 4 is 11.6 Å². The number of anilines is 1. The van der Waals surface area contributed by atoms with Crippen LogP contribution in [0.1, 0.15) is 18.5 Å². The lowest BCUT2D eigenvalue weighted by atomic mass is 10.1. The zero-order chi connectivity index (χ0) is 24.7. The van der Waals surface area contributed by atoms with E-state index in [2.05, 4.69) is 24.9 Å². The Hall–Kier alpha value is -4.48. The minimum absolute atomic E-state index is 0.105. The first-order valence-corrected chi connectivity index (χ1v) is 10.4. The summed E-state index contributed by atoms with van der Waals surface area (Å²) in [6, 6.07) is 11.4. The van der Waals surface area contributed by atoms with Crippen molar-refractivity contribution < 1.29 is 22.3 Å². The van der Waals surface area contributed by atoms with Crippen LogP contribution >= 0.6 is 0 Å². The van der Waals surface area contributed by atoms with Crippen LogP contribution in [0.3, 0.4) is 0 Å². The van der Waals surface area contributed by atoms with Crippen molar-refractivity contribution in [3.8, 4) is 28.3 Å². The molecule has 2 N–H and O–H groups in total. The van der Waals surface area contributed by atoms with E-state index >= 15 is 0 Å². The molecule has 0 aliphatic rings. The molecule has 1 aromatic carbocycles. The molecule has 4 heterocycles. The van der Waals surface area contributed by atoms with Crippen molar-refractivity contribution in [2.24, 2.45) is 0 Å². The van der Waals surface area contributed by atoms with Gasteiger partial charge in [0.2, 0.25) is 5.95 Å². The first kappa shape index (κ1) is 22.3. The predicted molar refractivity (Wildman–Crippen MR) is 119 cm³/mol. The molecule has 0 bridgehead atoms. The van der Waals surface area contributed by atoms with Crippen LogP contribution in [0.25, 0.3) is 28.2 Å². The smallest absolute Gasteiger partial charge is 0.406 e. The number of nitrogens with two attached hydrogens (primary N) is 1. The number of hydrogen-bond donors (Lipinski definition) is 1. The minimum atomic E-state index is -4.75. The number of aromatic nitrogens is 6. The number of rotatable bonds is 5. The average Bonchev–Trinajstić information content (AvgIpc) is 3.44. The summed E-state index contributed by atoms with van der Waals surface area (Å²) in [7, 11) is 0. The van der Waals surface area contributed by atoms with Crippen molar-refractivity contribution in [2.45, 2.75) is 19.3 Å². The number of fused-ring (bicyclic) bond motifs is 1. The topological polar surface area (TPSA) is 96.2 Å². The molecule has 5 rings (SSSR count). The summed E-state index contributed by atoms with van der Waals surface area (Å²) in [6.45, 7) is 1.85. The monoisotopic (exact) mass is 483 g/mol. The fraction of sp³-hybridized carbons (Fsp3) is 0.130. The number of nitrogens with zero attached hydrogens (tertiary/aromatic N) is 6. The molecule has 1 unspecified atom stereocenters. The van der Waals surface area contributed by atoms with Gasteiger partial charge in [0.05, 0.1) is 17.9 Å². The molecule has 0 radical (unpaired) electrons. The molecule has 4 aromatic heterocycles. The Morgan fingerprint density at radius 3 is 2.51 bits per heavy atom. The van der Waals surface area contributed by atoms with Crippen LogP contribution in [0.4, 0.5) is 23.5 Å². The summed E-state index contributed by atoms with van der Waals surface area (Å²) in [4.78, 5) is 8.56. The normalized spacial score (nSPS) is 12.7. The van der Waals surface area contributed by atoms with Crippen molar-refractivity contribution in [3.05, 3.63) is 78.5 Å². The highest BCUT2D eigenvalue weighted by molar-refractivity contribution is 5.68. The molecule has 1 atom stereocenters. The lowest BCUT2D eigenvalue weighted by molar-refractivity contribution is -0.274. The Morgan fingerprint density at radius 2 is 1.77 bits per heavy atom. The van der Waals surface area contributed by atoms with E-state index in [1.807, 2.05) is 6.92 Å². The fourth-order valence-electron chi connectivity index (χ4n) is 3.63. The second-order valence-electron chi connectivity index (χ2n) is 7.72. The van der Waals surface area contributed by atoms with Gasteiger partial charge < -0.3 is 10.5 Å². The molecule has 12 heteroatoms. The van der Waals surface area contributed by atoms with E-state index in [0.29, 0.717) is 22.5 Å². The maximum Gasteiger partial charge on any atom is 0.573 e. The van der Waals surface area contributed by atoms with Gasteiger partial charge in [0, 0.05) is 23.5 Å². The highest BCUT2D eigenvalue weighted by Gasteiger charge is 2.31. The van der Waals surface area contributed by atoms with E-state index in [0.717, 1.165) is 5.56 Å². The molecule has 8 nitrogen and oxygen atoms in total. The Labute approximate surface area is 195 Å². The van der Waals surface area contributed by atoms with Gasteiger partial charge in [-0.1, -0.05) is 12.1 Å². The van der Waals surface area contributed by atoms with Gasteiger partial charge in [-0.2, -0.15) is 10.1 Å². The van der Waals surface area contributed by atoms with Crippen molar-refractivity contribution in [2.75, 3.05) is 5.73 Å². The van der Waals surface area contributed by atoms with E-state index < -0.39 is 12.2 Å². The van der Waals surface area contributed by atoms with Crippen LogP contribution in [0.2, 0.25) is 0 Å². The third-order valence-corrected chi connectivity index (χ3v) is 5.36. The molecule has 0 amide bonds. The summed E-state index contributed by atoms with van der Waals surface area (Å²) in [5.41, 5.74) is 8.57. The van der Waals surface area contributed by atoms with Crippen LogP contribution in [0.15, 0.2) is 67.1 Å². The summed E-state index contributed by atoms with van der Waals surface area (Å²) >= 11 is 0. The summed E-state index contributed by atoms with van der Waals surface area (Å²) < 4.78 is 58.8. The predicted octanol–water partition coefficient (Wildman–Crippen LogP) is 4.88. The Bertz CT molecular complexity index is 1510. The number of alkyl halides is 3. The van der Waals surface area contributed by atoms with Crippen molar-refractivity contribution in [3.63, 3.8) is 0 Å². The van der Waals surface area contributed by atoms with Gasteiger partial charge >= 0.3 is 6.36 Å². The van der Waals surface area contributed by atoms with Crippen LogP contribution in [0, 0.1) is 5.82 Å². The summed E-state index contributed by atoms with van der Waals surface area (Å²) in [5.74, 6) is -0.703. The van der Waals surface area contributed by atoms with E-state index in [4.69, 9.17) is 5.73 Å². The largest absolute Gasteiger partial charge is 0.573 e. The Morgan fingerprint density at radius 1 is 1.00 bits per heavy atom. The van der Waals surface area contributed by atoms with Crippen LogP contribution < -0.4 is 10.5 Å². The molecule has 0 aliphatic carbocycles. The van der Waals surface area contributed by atoms with E-state index in [1.54, 1.807) is 41.5 Å².